The summed E-state index contributed by atoms with van der Waals surface area (Å²) in [5, 5.41) is 3.37. The first-order valence-corrected chi connectivity index (χ1v) is 27.1. The molecule has 2 aliphatic rings. The van der Waals surface area contributed by atoms with E-state index in [0.717, 1.165) is 51.4 Å². The van der Waals surface area contributed by atoms with Gasteiger partial charge in [-0.05, 0) is 32.1 Å². The van der Waals surface area contributed by atoms with E-state index in [4.69, 9.17) is 24.3 Å². The second-order valence-electron chi connectivity index (χ2n) is 18.5. The summed E-state index contributed by atoms with van der Waals surface area (Å²) < 4.78 is 37.0. The number of allylic oxidation sites excluding steroid dienone is 1. The Morgan fingerprint density at radius 2 is 1.25 bits per heavy atom. The zero-order valence-electron chi connectivity index (χ0n) is 39.7. The molecule has 2 aromatic rings. The zero-order valence-corrected chi connectivity index (χ0v) is 40.6. The van der Waals surface area contributed by atoms with Crippen molar-refractivity contribution in [2.24, 2.45) is 5.92 Å². The molecule has 1 saturated carbocycles. The number of phosphoric ester groups is 1. The van der Waals surface area contributed by atoms with Crippen LogP contribution in [0.1, 0.15) is 219 Å². The summed E-state index contributed by atoms with van der Waals surface area (Å²) in [6, 6.07) is 0.255. The van der Waals surface area contributed by atoms with Crippen LogP contribution in [0.3, 0.4) is 0 Å². The molecular weight excluding hydrogens is 832 g/mol. The highest BCUT2D eigenvalue weighted by molar-refractivity contribution is 7.47. The number of aromatic nitrogens is 4. The molecule has 0 saturated heterocycles. The number of phosphoric acid groups is 1. The first-order chi connectivity index (χ1) is 31.2. The number of anilines is 2. The average Bonchev–Trinajstić information content (AvgIpc) is 3.79. The number of imidazole rings is 1. The van der Waals surface area contributed by atoms with Crippen molar-refractivity contribution in [2.75, 3.05) is 30.9 Å². The van der Waals surface area contributed by atoms with Gasteiger partial charge in [-0.1, -0.05) is 180 Å². The van der Waals surface area contributed by atoms with Gasteiger partial charge in [0.2, 0.25) is 5.95 Å². The summed E-state index contributed by atoms with van der Waals surface area (Å²) in [6.45, 7) is 3.71. The molecule has 4 rings (SSSR count). The maximum Gasteiger partial charge on any atom is 0.472 e. The number of fused-ring (bicyclic) bond motifs is 1. The fourth-order valence-electron chi connectivity index (χ4n) is 8.38. The van der Waals surface area contributed by atoms with Crippen LogP contribution in [0.4, 0.5) is 11.8 Å². The summed E-state index contributed by atoms with van der Waals surface area (Å²) in [4.78, 5) is 49.6. The van der Waals surface area contributed by atoms with E-state index in [9.17, 15) is 19.0 Å². The van der Waals surface area contributed by atoms with Crippen molar-refractivity contribution in [3.05, 3.63) is 18.5 Å². The van der Waals surface area contributed by atoms with Crippen LogP contribution in [0.15, 0.2) is 18.5 Å². The van der Waals surface area contributed by atoms with E-state index < -0.39 is 26.5 Å². The molecule has 3 unspecified atom stereocenters. The Morgan fingerprint density at radius 1 is 0.734 bits per heavy atom. The summed E-state index contributed by atoms with van der Waals surface area (Å²) in [5.74, 6) is -0.242. The number of esters is 2. The van der Waals surface area contributed by atoms with Gasteiger partial charge in [-0.3, -0.25) is 18.6 Å². The summed E-state index contributed by atoms with van der Waals surface area (Å²) in [6.07, 6.45) is 39.2. The number of rotatable bonds is 40. The van der Waals surface area contributed by atoms with Crippen LogP contribution >= 0.6 is 7.82 Å². The lowest BCUT2D eigenvalue weighted by Crippen LogP contribution is -2.29. The summed E-state index contributed by atoms with van der Waals surface area (Å²) >= 11 is 0. The third kappa shape index (κ3) is 22.9. The fourth-order valence-corrected chi connectivity index (χ4v) is 9.19. The first kappa shape index (κ1) is 53.6. The molecule has 2 aliphatic carbocycles. The van der Waals surface area contributed by atoms with Crippen LogP contribution in [0.25, 0.3) is 11.2 Å². The molecular formula is C49H85N6O8P. The van der Waals surface area contributed by atoms with E-state index in [1.165, 1.54) is 122 Å². The third-order valence-corrected chi connectivity index (χ3v) is 13.4. The van der Waals surface area contributed by atoms with Gasteiger partial charge in [0.15, 0.2) is 23.1 Å². The molecule has 2 heterocycles. The molecule has 64 heavy (non-hydrogen) atoms. The maximum absolute atomic E-state index is 13.1. The Labute approximate surface area is 385 Å². The minimum absolute atomic E-state index is 0.0728. The van der Waals surface area contributed by atoms with E-state index in [2.05, 4.69) is 34.1 Å². The van der Waals surface area contributed by atoms with Gasteiger partial charge in [-0.2, -0.15) is 9.97 Å². The van der Waals surface area contributed by atoms with E-state index in [0.29, 0.717) is 35.9 Å². The Balaban J connectivity index is 1.15. The summed E-state index contributed by atoms with van der Waals surface area (Å²) in [7, 11) is -4.55. The van der Waals surface area contributed by atoms with Crippen LogP contribution in [-0.4, -0.2) is 68.3 Å². The highest BCUT2D eigenvalue weighted by atomic mass is 31.2. The van der Waals surface area contributed by atoms with Gasteiger partial charge < -0.3 is 30.0 Å². The number of nitrogens with zero attached hydrogens (tertiary/aromatic N) is 4. The lowest BCUT2D eigenvalue weighted by Gasteiger charge is -2.21. The van der Waals surface area contributed by atoms with Gasteiger partial charge in [-0.15, -0.1) is 0 Å². The SMILES string of the molecule is CCCCCCCCCCCCCCCC(=O)OC[C@@H](COP(=O)(O)OCC1C=CC(n2cnc3c(NC4CC4)nc(N)nc32)C1)OC(=O)CCCCCCCCCCCCCCC. The Bertz CT molecular complexity index is 1670. The largest absolute Gasteiger partial charge is 0.472 e. The van der Waals surface area contributed by atoms with Crippen LogP contribution in [0.2, 0.25) is 0 Å². The molecule has 14 nitrogen and oxygen atoms in total. The van der Waals surface area contributed by atoms with Gasteiger partial charge >= 0.3 is 19.8 Å². The average molecular weight is 917 g/mol. The van der Waals surface area contributed by atoms with Crippen molar-refractivity contribution in [3.8, 4) is 0 Å². The summed E-state index contributed by atoms with van der Waals surface area (Å²) in [5.41, 5.74) is 7.30. The normalized spacial score (nSPS) is 17.5. The lowest BCUT2D eigenvalue weighted by atomic mass is 10.0. The smallest absolute Gasteiger partial charge is 0.462 e. The minimum atomic E-state index is -4.55. The molecule has 2 aromatic heterocycles. The number of hydrogen-bond donors (Lipinski definition) is 3. The lowest BCUT2D eigenvalue weighted by molar-refractivity contribution is -0.161. The Kier molecular flexibility index (Phi) is 26.6. The number of carbonyl (C=O) groups excluding carboxylic acids is 2. The minimum Gasteiger partial charge on any atom is -0.462 e. The van der Waals surface area contributed by atoms with Crippen LogP contribution in [0, 0.1) is 5.92 Å². The molecule has 364 valence electrons. The third-order valence-electron chi connectivity index (χ3n) is 12.4. The van der Waals surface area contributed by atoms with E-state index >= 15 is 0 Å². The molecule has 0 bridgehead atoms. The van der Waals surface area contributed by atoms with Gasteiger partial charge in [0, 0.05) is 24.8 Å². The van der Waals surface area contributed by atoms with Gasteiger partial charge in [-0.25, -0.2) is 9.55 Å². The van der Waals surface area contributed by atoms with E-state index in [-0.39, 0.29) is 49.9 Å². The van der Waals surface area contributed by atoms with Crippen molar-refractivity contribution in [1.29, 1.82) is 0 Å². The van der Waals surface area contributed by atoms with Crippen molar-refractivity contribution < 1.29 is 37.6 Å². The number of nitrogen functional groups attached to an aromatic ring is 1. The fraction of sp³-hybridized carbons (Fsp3) is 0.816. The van der Waals surface area contributed by atoms with Crippen LogP contribution < -0.4 is 11.1 Å². The topological polar surface area (TPSA) is 190 Å². The highest BCUT2D eigenvalue weighted by Gasteiger charge is 2.30. The quantitative estimate of drug-likeness (QED) is 0.0248. The molecule has 0 aromatic carbocycles. The molecule has 0 spiro atoms. The number of unbranched alkanes of at least 4 members (excludes halogenated alkanes) is 24. The molecule has 0 aliphatic heterocycles. The molecule has 0 radical (unpaired) electrons. The van der Waals surface area contributed by atoms with Crippen molar-refractivity contribution in [1.82, 2.24) is 19.5 Å². The molecule has 4 N–H and O–H groups in total. The number of hydrogen-bond acceptors (Lipinski definition) is 12. The standard InChI is InChI=1S/C49H85N6O8P/c1-3-5-7-9-11-13-15-17-19-21-23-25-27-29-44(56)60-37-43(63-45(57)30-28-26-24-22-20-18-16-14-12-10-8-6-4-2)38-62-64(58,59)61-36-40-31-34-42(35-40)55-39-51-46-47(52-41-32-33-41)53-49(50)54-48(46)55/h31,34,39-43H,3-30,32-33,35-38H2,1-2H3,(H,58,59)(H3,50,52,53,54)/t40?,42?,43-/m0/s1. The van der Waals surface area contributed by atoms with Gasteiger partial charge in [0.05, 0.1) is 25.6 Å². The monoisotopic (exact) mass is 917 g/mol. The Hall–Kier alpha value is -3.06. The van der Waals surface area contributed by atoms with Crippen LogP contribution in [0.5, 0.6) is 0 Å². The maximum atomic E-state index is 13.1. The van der Waals surface area contributed by atoms with Crippen molar-refractivity contribution in [3.63, 3.8) is 0 Å². The van der Waals surface area contributed by atoms with Crippen molar-refractivity contribution in [2.45, 2.75) is 231 Å². The van der Waals surface area contributed by atoms with Crippen molar-refractivity contribution >= 4 is 42.7 Å². The first-order valence-electron chi connectivity index (χ1n) is 25.6. The van der Waals surface area contributed by atoms with E-state index in [1.807, 2.05) is 16.7 Å². The van der Waals surface area contributed by atoms with E-state index in [1.54, 1.807) is 6.33 Å². The Morgan fingerprint density at radius 3 is 1.78 bits per heavy atom. The molecule has 1 fully saturated rings. The second-order valence-corrected chi connectivity index (χ2v) is 19.9. The number of carbonyl (C=O) groups is 2. The number of nitrogens with one attached hydrogen (secondary N) is 1. The number of nitrogens with two attached hydrogens (primary N) is 1. The predicted molar refractivity (Wildman–Crippen MR) is 256 cm³/mol. The highest BCUT2D eigenvalue weighted by Crippen LogP contribution is 2.45. The molecule has 0 amide bonds. The molecule has 4 atom stereocenters. The second kappa shape index (κ2) is 31.8. The van der Waals surface area contributed by atoms with Gasteiger partial charge in [0.25, 0.3) is 0 Å². The predicted octanol–water partition coefficient (Wildman–Crippen LogP) is 12.7. The number of ether oxygens (including phenoxy) is 2. The van der Waals surface area contributed by atoms with Crippen LogP contribution in [-0.2, 0) is 32.7 Å². The molecule has 15 heteroatoms. The van der Waals surface area contributed by atoms with Gasteiger partial charge in [0.1, 0.15) is 6.61 Å². The zero-order chi connectivity index (χ0) is 45.7.